The first-order valence-corrected chi connectivity index (χ1v) is 7.04. The molecule has 3 heteroatoms. The molecule has 0 rings (SSSR count). The van der Waals surface area contributed by atoms with Gasteiger partial charge in [0.15, 0.2) is 0 Å². The van der Waals surface area contributed by atoms with Crippen LogP contribution < -0.4 is 0 Å². The standard InChI is InChI=1S/C14H30O3/c1-4-6-8-14(5-2)12-16-11-13(3)17-10-7-9-15/h13-15H,4-12H2,1-3H3/t13-,14+/m1/s1. The number of aliphatic hydroxyl groups excluding tert-OH is 1. The van der Waals surface area contributed by atoms with Crippen molar-refractivity contribution in [2.75, 3.05) is 26.4 Å². The lowest BCUT2D eigenvalue weighted by atomic mass is 10.0. The van der Waals surface area contributed by atoms with E-state index < -0.39 is 0 Å². The van der Waals surface area contributed by atoms with E-state index in [-0.39, 0.29) is 12.7 Å². The van der Waals surface area contributed by atoms with Gasteiger partial charge < -0.3 is 14.6 Å². The van der Waals surface area contributed by atoms with Crippen LogP contribution in [0.3, 0.4) is 0 Å². The van der Waals surface area contributed by atoms with Crippen LogP contribution in [0.4, 0.5) is 0 Å². The summed E-state index contributed by atoms with van der Waals surface area (Å²) in [6.45, 7) is 8.80. The van der Waals surface area contributed by atoms with Crippen LogP contribution in [-0.2, 0) is 9.47 Å². The molecule has 0 aliphatic carbocycles. The lowest BCUT2D eigenvalue weighted by Gasteiger charge is -2.17. The third-order valence-electron chi connectivity index (χ3n) is 2.95. The van der Waals surface area contributed by atoms with Gasteiger partial charge in [-0.3, -0.25) is 0 Å². The molecule has 0 amide bonds. The Morgan fingerprint density at radius 2 is 1.88 bits per heavy atom. The molecular formula is C14H30O3. The lowest BCUT2D eigenvalue weighted by molar-refractivity contribution is -0.0200. The Hall–Kier alpha value is -0.120. The van der Waals surface area contributed by atoms with Gasteiger partial charge in [0.1, 0.15) is 0 Å². The molecule has 0 fully saturated rings. The van der Waals surface area contributed by atoms with E-state index in [1.165, 1.54) is 25.7 Å². The Morgan fingerprint density at radius 3 is 2.47 bits per heavy atom. The van der Waals surface area contributed by atoms with Crippen molar-refractivity contribution in [2.24, 2.45) is 5.92 Å². The van der Waals surface area contributed by atoms with E-state index in [1.54, 1.807) is 0 Å². The van der Waals surface area contributed by atoms with Crippen molar-refractivity contribution in [1.82, 2.24) is 0 Å². The number of unbranched alkanes of at least 4 members (excludes halogenated alkanes) is 1. The fraction of sp³-hybridized carbons (Fsp3) is 1.00. The first-order chi connectivity index (χ1) is 8.24. The lowest BCUT2D eigenvalue weighted by Crippen LogP contribution is -2.20. The first-order valence-electron chi connectivity index (χ1n) is 7.04. The van der Waals surface area contributed by atoms with Crippen LogP contribution in [0.2, 0.25) is 0 Å². The minimum absolute atomic E-state index is 0.130. The number of hydrogen-bond donors (Lipinski definition) is 1. The zero-order valence-electron chi connectivity index (χ0n) is 11.8. The molecule has 0 saturated carbocycles. The van der Waals surface area contributed by atoms with Crippen LogP contribution in [0.1, 0.15) is 52.9 Å². The summed E-state index contributed by atoms with van der Waals surface area (Å²) in [5.41, 5.74) is 0. The van der Waals surface area contributed by atoms with Crippen LogP contribution in [0.5, 0.6) is 0 Å². The molecule has 3 nitrogen and oxygen atoms in total. The van der Waals surface area contributed by atoms with Crippen molar-refractivity contribution in [1.29, 1.82) is 0 Å². The topological polar surface area (TPSA) is 38.7 Å². The second-order valence-corrected chi connectivity index (χ2v) is 4.71. The molecule has 17 heavy (non-hydrogen) atoms. The second kappa shape index (κ2) is 12.3. The molecule has 0 spiro atoms. The van der Waals surface area contributed by atoms with Crippen LogP contribution in [-0.4, -0.2) is 37.6 Å². The average Bonchev–Trinajstić information content (AvgIpc) is 2.34. The van der Waals surface area contributed by atoms with Gasteiger partial charge >= 0.3 is 0 Å². The van der Waals surface area contributed by atoms with Crippen molar-refractivity contribution in [3.05, 3.63) is 0 Å². The Morgan fingerprint density at radius 1 is 1.12 bits per heavy atom. The highest BCUT2D eigenvalue weighted by molar-refractivity contribution is 4.57. The summed E-state index contributed by atoms with van der Waals surface area (Å²) in [6.07, 6.45) is 5.86. The molecule has 0 aromatic heterocycles. The molecule has 2 atom stereocenters. The molecular weight excluding hydrogens is 216 g/mol. The predicted octanol–water partition coefficient (Wildman–Crippen LogP) is 3.01. The van der Waals surface area contributed by atoms with Crippen molar-refractivity contribution < 1.29 is 14.6 Å². The summed E-state index contributed by atoms with van der Waals surface area (Å²) >= 11 is 0. The maximum Gasteiger partial charge on any atom is 0.0780 e. The van der Waals surface area contributed by atoms with Gasteiger partial charge in [-0.05, 0) is 25.7 Å². The number of aliphatic hydroxyl groups is 1. The molecule has 0 unspecified atom stereocenters. The summed E-state index contributed by atoms with van der Waals surface area (Å²) < 4.78 is 11.2. The van der Waals surface area contributed by atoms with E-state index >= 15 is 0 Å². The minimum Gasteiger partial charge on any atom is -0.396 e. The molecule has 1 N–H and O–H groups in total. The van der Waals surface area contributed by atoms with E-state index in [0.29, 0.717) is 25.6 Å². The maximum atomic E-state index is 8.63. The van der Waals surface area contributed by atoms with Crippen molar-refractivity contribution in [3.8, 4) is 0 Å². The second-order valence-electron chi connectivity index (χ2n) is 4.71. The third-order valence-corrected chi connectivity index (χ3v) is 2.95. The van der Waals surface area contributed by atoms with Gasteiger partial charge in [-0.1, -0.05) is 33.1 Å². The highest BCUT2D eigenvalue weighted by atomic mass is 16.5. The summed E-state index contributed by atoms with van der Waals surface area (Å²) in [5, 5.41) is 8.63. The average molecular weight is 246 g/mol. The highest BCUT2D eigenvalue weighted by Gasteiger charge is 2.08. The molecule has 0 saturated heterocycles. The molecule has 0 aliphatic rings. The van der Waals surface area contributed by atoms with Crippen molar-refractivity contribution >= 4 is 0 Å². The zero-order chi connectivity index (χ0) is 12.9. The molecule has 0 aromatic carbocycles. The van der Waals surface area contributed by atoms with E-state index in [2.05, 4.69) is 13.8 Å². The fourth-order valence-corrected chi connectivity index (χ4v) is 1.70. The summed E-state index contributed by atoms with van der Waals surface area (Å²) in [6, 6.07) is 0. The van der Waals surface area contributed by atoms with Crippen LogP contribution in [0, 0.1) is 5.92 Å². The summed E-state index contributed by atoms with van der Waals surface area (Å²) in [7, 11) is 0. The van der Waals surface area contributed by atoms with E-state index in [1.807, 2.05) is 6.92 Å². The van der Waals surface area contributed by atoms with Crippen LogP contribution in [0.15, 0.2) is 0 Å². The summed E-state index contributed by atoms with van der Waals surface area (Å²) in [5.74, 6) is 0.694. The van der Waals surface area contributed by atoms with Gasteiger partial charge in [-0.25, -0.2) is 0 Å². The van der Waals surface area contributed by atoms with Crippen LogP contribution >= 0.6 is 0 Å². The van der Waals surface area contributed by atoms with E-state index in [9.17, 15) is 0 Å². The van der Waals surface area contributed by atoms with Gasteiger partial charge in [-0.15, -0.1) is 0 Å². The van der Waals surface area contributed by atoms with Crippen molar-refractivity contribution in [3.63, 3.8) is 0 Å². The van der Waals surface area contributed by atoms with Crippen molar-refractivity contribution in [2.45, 2.75) is 59.0 Å². The van der Waals surface area contributed by atoms with Gasteiger partial charge in [0.05, 0.1) is 12.7 Å². The fourth-order valence-electron chi connectivity index (χ4n) is 1.70. The SMILES string of the molecule is CCCC[C@H](CC)COC[C@@H](C)OCCCO. The Balaban J connectivity index is 3.45. The van der Waals surface area contributed by atoms with Gasteiger partial charge in [0.25, 0.3) is 0 Å². The molecule has 0 bridgehead atoms. The molecule has 0 aromatic rings. The summed E-state index contributed by atoms with van der Waals surface area (Å²) in [4.78, 5) is 0. The first kappa shape index (κ1) is 16.9. The van der Waals surface area contributed by atoms with Crippen LogP contribution in [0.25, 0.3) is 0 Å². The molecule has 0 aliphatic heterocycles. The smallest absolute Gasteiger partial charge is 0.0780 e. The number of hydrogen-bond acceptors (Lipinski definition) is 3. The van der Waals surface area contributed by atoms with Gasteiger partial charge in [0, 0.05) is 19.8 Å². The molecule has 104 valence electrons. The quantitative estimate of drug-likeness (QED) is 0.538. The minimum atomic E-state index is 0.130. The number of rotatable bonds is 12. The molecule has 0 heterocycles. The number of ether oxygens (including phenoxy) is 2. The van der Waals surface area contributed by atoms with Gasteiger partial charge in [0.2, 0.25) is 0 Å². The van der Waals surface area contributed by atoms with E-state index in [4.69, 9.17) is 14.6 Å². The normalized spacial score (nSPS) is 14.8. The Bertz CT molecular complexity index is 150. The molecule has 0 radical (unpaired) electrons. The monoisotopic (exact) mass is 246 g/mol. The Kier molecular flexibility index (Phi) is 12.3. The van der Waals surface area contributed by atoms with Gasteiger partial charge in [-0.2, -0.15) is 0 Å². The third kappa shape index (κ3) is 10.7. The maximum absolute atomic E-state index is 8.63. The Labute approximate surface area is 107 Å². The highest BCUT2D eigenvalue weighted by Crippen LogP contribution is 2.13. The largest absolute Gasteiger partial charge is 0.396 e. The van der Waals surface area contributed by atoms with E-state index in [0.717, 1.165) is 6.61 Å². The zero-order valence-corrected chi connectivity index (χ0v) is 11.8. The predicted molar refractivity (Wildman–Crippen MR) is 71.2 cm³/mol.